The van der Waals surface area contributed by atoms with Crippen LogP contribution in [0, 0.1) is 12.7 Å². The predicted octanol–water partition coefficient (Wildman–Crippen LogP) is 4.44. The molecule has 3 aromatic carbocycles. The molecule has 0 aliphatic carbocycles. The largest absolute Gasteiger partial charge is 0.376 e. The third-order valence-electron chi connectivity index (χ3n) is 4.12. The third kappa shape index (κ3) is 4.94. The molecule has 3 N–H and O–H groups in total. The molecular weight excluding hydrogens is 357 g/mol. The van der Waals surface area contributed by atoms with E-state index in [1.54, 1.807) is 42.5 Å². The maximum atomic E-state index is 13.4. The van der Waals surface area contributed by atoms with Crippen LogP contribution in [0.5, 0.6) is 0 Å². The summed E-state index contributed by atoms with van der Waals surface area (Å²) in [7, 11) is 0. The zero-order valence-electron chi connectivity index (χ0n) is 15.3. The number of halogens is 1. The number of hydrogen-bond donors (Lipinski definition) is 3. The van der Waals surface area contributed by atoms with Crippen molar-refractivity contribution in [2.75, 3.05) is 22.5 Å². The van der Waals surface area contributed by atoms with Crippen LogP contribution in [0.25, 0.3) is 0 Å². The second kappa shape index (κ2) is 8.81. The van der Waals surface area contributed by atoms with E-state index in [1.807, 2.05) is 25.1 Å². The second-order valence-electron chi connectivity index (χ2n) is 6.23. The lowest BCUT2D eigenvalue weighted by atomic mass is 10.1. The standard InChI is InChI=1S/C22H20FN3O2/c1-15-11-12-16(23)13-20(15)24-14-21(27)26-19-10-6-5-9-18(19)22(28)25-17-7-3-2-4-8-17/h2-13,24H,14H2,1H3,(H,25,28)(H,26,27). The van der Waals surface area contributed by atoms with Gasteiger partial charge in [0.05, 0.1) is 17.8 Å². The van der Waals surface area contributed by atoms with Gasteiger partial charge in [-0.3, -0.25) is 9.59 Å². The van der Waals surface area contributed by atoms with Crippen molar-refractivity contribution in [1.29, 1.82) is 0 Å². The average Bonchev–Trinajstić information content (AvgIpc) is 2.70. The number of hydrogen-bond acceptors (Lipinski definition) is 3. The number of carbonyl (C=O) groups excluding carboxylic acids is 2. The molecule has 0 radical (unpaired) electrons. The lowest BCUT2D eigenvalue weighted by Crippen LogP contribution is -2.24. The second-order valence-corrected chi connectivity index (χ2v) is 6.23. The summed E-state index contributed by atoms with van der Waals surface area (Å²) in [5, 5.41) is 8.43. The minimum absolute atomic E-state index is 0.0566. The maximum absolute atomic E-state index is 13.4. The van der Waals surface area contributed by atoms with Gasteiger partial charge in [-0.2, -0.15) is 0 Å². The fourth-order valence-corrected chi connectivity index (χ4v) is 2.66. The summed E-state index contributed by atoms with van der Waals surface area (Å²) in [4.78, 5) is 24.9. The smallest absolute Gasteiger partial charge is 0.257 e. The predicted molar refractivity (Wildman–Crippen MR) is 109 cm³/mol. The van der Waals surface area contributed by atoms with Crippen LogP contribution < -0.4 is 16.0 Å². The highest BCUT2D eigenvalue weighted by Crippen LogP contribution is 2.18. The quantitative estimate of drug-likeness (QED) is 0.595. The number of aryl methyl sites for hydroxylation is 1. The molecule has 2 amide bonds. The van der Waals surface area contributed by atoms with Crippen molar-refractivity contribution < 1.29 is 14.0 Å². The Morgan fingerprint density at radius 3 is 2.36 bits per heavy atom. The van der Waals surface area contributed by atoms with Gasteiger partial charge in [-0.25, -0.2) is 4.39 Å². The molecule has 0 unspecified atom stereocenters. The SMILES string of the molecule is Cc1ccc(F)cc1NCC(=O)Nc1ccccc1C(=O)Nc1ccccc1. The molecule has 0 spiro atoms. The van der Waals surface area contributed by atoms with Gasteiger partial charge in [0.2, 0.25) is 5.91 Å². The van der Waals surface area contributed by atoms with Crippen LogP contribution in [-0.2, 0) is 4.79 Å². The van der Waals surface area contributed by atoms with Gasteiger partial charge in [0.15, 0.2) is 0 Å². The third-order valence-corrected chi connectivity index (χ3v) is 4.12. The summed E-state index contributed by atoms with van der Waals surface area (Å²) < 4.78 is 13.4. The average molecular weight is 377 g/mol. The van der Waals surface area contributed by atoms with Crippen molar-refractivity contribution in [1.82, 2.24) is 0 Å². The van der Waals surface area contributed by atoms with Gasteiger partial charge in [0.25, 0.3) is 5.91 Å². The van der Waals surface area contributed by atoms with E-state index < -0.39 is 0 Å². The molecule has 0 saturated carbocycles. The molecule has 0 bridgehead atoms. The Balaban J connectivity index is 1.66. The summed E-state index contributed by atoms with van der Waals surface area (Å²) in [6.07, 6.45) is 0. The van der Waals surface area contributed by atoms with Crippen molar-refractivity contribution in [3.8, 4) is 0 Å². The van der Waals surface area contributed by atoms with Gasteiger partial charge < -0.3 is 16.0 Å². The highest BCUT2D eigenvalue weighted by Gasteiger charge is 2.13. The maximum Gasteiger partial charge on any atom is 0.257 e. The van der Waals surface area contributed by atoms with E-state index in [0.29, 0.717) is 22.6 Å². The number of rotatable bonds is 6. The fraction of sp³-hybridized carbons (Fsp3) is 0.0909. The van der Waals surface area contributed by atoms with Crippen LogP contribution in [0.15, 0.2) is 72.8 Å². The first kappa shape index (κ1) is 19.1. The molecule has 0 aliphatic rings. The zero-order chi connectivity index (χ0) is 19.9. The minimum Gasteiger partial charge on any atom is -0.376 e. The molecule has 0 saturated heterocycles. The van der Waals surface area contributed by atoms with Gasteiger partial charge in [-0.1, -0.05) is 36.4 Å². The summed E-state index contributed by atoms with van der Waals surface area (Å²) in [6, 6.07) is 20.2. The first-order valence-corrected chi connectivity index (χ1v) is 8.78. The summed E-state index contributed by atoms with van der Waals surface area (Å²) in [6.45, 7) is 1.77. The molecule has 5 nitrogen and oxygen atoms in total. The van der Waals surface area contributed by atoms with E-state index in [4.69, 9.17) is 0 Å². The minimum atomic E-state index is -0.378. The van der Waals surface area contributed by atoms with Crippen LogP contribution in [0.3, 0.4) is 0 Å². The first-order chi connectivity index (χ1) is 13.5. The fourth-order valence-electron chi connectivity index (χ4n) is 2.66. The van der Waals surface area contributed by atoms with E-state index in [0.717, 1.165) is 5.56 Å². The topological polar surface area (TPSA) is 70.2 Å². The Morgan fingerprint density at radius 1 is 0.857 bits per heavy atom. The zero-order valence-corrected chi connectivity index (χ0v) is 15.3. The van der Waals surface area contributed by atoms with Gasteiger partial charge in [0.1, 0.15) is 5.82 Å². The summed E-state index contributed by atoms with van der Waals surface area (Å²) in [5.41, 5.74) is 2.79. The van der Waals surface area contributed by atoms with Crippen LogP contribution in [0.4, 0.5) is 21.5 Å². The molecule has 0 atom stereocenters. The summed E-state index contributed by atoms with van der Waals surface area (Å²) >= 11 is 0. The molecule has 6 heteroatoms. The molecule has 0 fully saturated rings. The van der Waals surface area contributed by atoms with Crippen LogP contribution in [-0.4, -0.2) is 18.4 Å². The lowest BCUT2D eigenvalue weighted by molar-refractivity contribution is -0.114. The molecule has 142 valence electrons. The van der Waals surface area contributed by atoms with Gasteiger partial charge in [-0.05, 0) is 48.9 Å². The van der Waals surface area contributed by atoms with E-state index in [-0.39, 0.29) is 24.2 Å². The number of benzene rings is 3. The Hall–Kier alpha value is -3.67. The number of nitrogens with one attached hydrogen (secondary N) is 3. The van der Waals surface area contributed by atoms with Crippen molar-refractivity contribution in [2.45, 2.75) is 6.92 Å². The van der Waals surface area contributed by atoms with Crippen molar-refractivity contribution in [3.05, 3.63) is 89.7 Å². The Kier molecular flexibility index (Phi) is 6.01. The van der Waals surface area contributed by atoms with Gasteiger partial charge >= 0.3 is 0 Å². The van der Waals surface area contributed by atoms with Crippen LogP contribution >= 0.6 is 0 Å². The number of para-hydroxylation sites is 2. The molecule has 28 heavy (non-hydrogen) atoms. The van der Waals surface area contributed by atoms with Crippen LogP contribution in [0.1, 0.15) is 15.9 Å². The molecule has 0 aliphatic heterocycles. The molecular formula is C22H20FN3O2. The van der Waals surface area contributed by atoms with Gasteiger partial charge in [-0.15, -0.1) is 0 Å². The normalized spacial score (nSPS) is 10.2. The molecule has 0 heterocycles. The molecule has 0 aromatic heterocycles. The highest BCUT2D eigenvalue weighted by molar-refractivity contribution is 6.10. The van der Waals surface area contributed by atoms with Crippen LogP contribution in [0.2, 0.25) is 0 Å². The number of amides is 2. The molecule has 3 aromatic rings. The lowest BCUT2D eigenvalue weighted by Gasteiger charge is -2.13. The van der Waals surface area contributed by atoms with E-state index in [2.05, 4.69) is 16.0 Å². The first-order valence-electron chi connectivity index (χ1n) is 8.78. The number of carbonyl (C=O) groups is 2. The summed E-state index contributed by atoms with van der Waals surface area (Å²) in [5.74, 6) is -1.05. The van der Waals surface area contributed by atoms with Gasteiger partial charge in [0, 0.05) is 11.4 Å². The van der Waals surface area contributed by atoms with E-state index in [9.17, 15) is 14.0 Å². The van der Waals surface area contributed by atoms with Crippen molar-refractivity contribution in [3.63, 3.8) is 0 Å². The Morgan fingerprint density at radius 2 is 1.57 bits per heavy atom. The highest BCUT2D eigenvalue weighted by atomic mass is 19.1. The van der Waals surface area contributed by atoms with E-state index >= 15 is 0 Å². The Bertz CT molecular complexity index is 990. The van der Waals surface area contributed by atoms with Crippen molar-refractivity contribution >= 4 is 28.9 Å². The Labute approximate surface area is 162 Å². The molecule has 3 rings (SSSR count). The number of anilines is 3. The van der Waals surface area contributed by atoms with E-state index in [1.165, 1.54) is 12.1 Å². The monoisotopic (exact) mass is 377 g/mol. The van der Waals surface area contributed by atoms with Crippen molar-refractivity contribution in [2.24, 2.45) is 0 Å².